The lowest BCUT2D eigenvalue weighted by Gasteiger charge is -2.35. The van der Waals surface area contributed by atoms with Crippen LogP contribution >= 0.6 is 34.8 Å². The fourth-order valence-electron chi connectivity index (χ4n) is 4.27. The molecule has 226 valence electrons. The Hall–Kier alpha value is -2.98. The van der Waals surface area contributed by atoms with E-state index >= 15 is 0 Å². The Morgan fingerprint density at radius 3 is 2.14 bits per heavy atom. The highest BCUT2D eigenvalue weighted by Crippen LogP contribution is 2.32. The molecule has 8 nitrogen and oxygen atoms in total. The summed E-state index contributed by atoms with van der Waals surface area (Å²) in [6, 6.07) is 16.2. The number of rotatable bonds is 11. The van der Waals surface area contributed by atoms with Crippen molar-refractivity contribution in [1.29, 1.82) is 0 Å². The van der Waals surface area contributed by atoms with Crippen molar-refractivity contribution in [3.63, 3.8) is 0 Å². The summed E-state index contributed by atoms with van der Waals surface area (Å²) in [5.74, 6) is -0.637. The van der Waals surface area contributed by atoms with Gasteiger partial charge in [0.25, 0.3) is 10.0 Å². The van der Waals surface area contributed by atoms with Crippen molar-refractivity contribution >= 4 is 62.3 Å². The molecule has 0 unspecified atom stereocenters. The van der Waals surface area contributed by atoms with Gasteiger partial charge in [-0.15, -0.1) is 0 Å². The third-order valence-electron chi connectivity index (χ3n) is 6.25. The highest BCUT2D eigenvalue weighted by Gasteiger charge is 2.35. The van der Waals surface area contributed by atoms with Crippen molar-refractivity contribution in [1.82, 2.24) is 10.2 Å². The summed E-state index contributed by atoms with van der Waals surface area (Å²) in [7, 11) is -2.80. The van der Waals surface area contributed by atoms with Crippen LogP contribution in [0.15, 0.2) is 71.6 Å². The molecule has 0 aliphatic carbocycles. The molecule has 3 rings (SSSR count). The molecular weight excluding hydrogens is 621 g/mol. The van der Waals surface area contributed by atoms with Crippen LogP contribution in [0.5, 0.6) is 5.75 Å². The second-order valence-corrected chi connectivity index (χ2v) is 13.7. The summed E-state index contributed by atoms with van der Waals surface area (Å²) in [5, 5.41) is 3.72. The van der Waals surface area contributed by atoms with Crippen LogP contribution in [-0.2, 0) is 26.2 Å². The fraction of sp³-hybridized carbons (Fsp3) is 0.333. The Kier molecular flexibility index (Phi) is 11.2. The largest absolute Gasteiger partial charge is 0.495 e. The molecule has 2 amide bonds. The predicted octanol–water partition coefficient (Wildman–Crippen LogP) is 6.57. The molecule has 0 spiro atoms. The van der Waals surface area contributed by atoms with Gasteiger partial charge in [-0.1, -0.05) is 66.0 Å². The number of hydrogen-bond donors (Lipinski definition) is 1. The number of nitrogens with zero attached hydrogens (tertiary/aromatic N) is 2. The fourth-order valence-corrected chi connectivity index (χ4v) is 6.27. The van der Waals surface area contributed by atoms with E-state index in [1.807, 2.05) is 20.8 Å². The van der Waals surface area contributed by atoms with Crippen LogP contribution in [-0.4, -0.2) is 50.4 Å². The van der Waals surface area contributed by atoms with Crippen LogP contribution in [0.4, 0.5) is 5.69 Å². The summed E-state index contributed by atoms with van der Waals surface area (Å²) in [5.41, 5.74) is 0.204. The lowest BCUT2D eigenvalue weighted by atomic mass is 10.1. The van der Waals surface area contributed by atoms with Crippen molar-refractivity contribution in [3.05, 3.63) is 87.4 Å². The Morgan fingerprint density at radius 1 is 0.929 bits per heavy atom. The number of ether oxygens (including phenoxy) is 1. The van der Waals surface area contributed by atoms with Gasteiger partial charge in [-0.2, -0.15) is 0 Å². The van der Waals surface area contributed by atoms with Crippen LogP contribution in [0.1, 0.15) is 39.7 Å². The number of amides is 2. The highest BCUT2D eigenvalue weighted by atomic mass is 35.5. The molecule has 0 saturated carbocycles. The van der Waals surface area contributed by atoms with Gasteiger partial charge in [-0.05, 0) is 75.2 Å². The van der Waals surface area contributed by atoms with E-state index in [0.717, 1.165) is 4.31 Å². The van der Waals surface area contributed by atoms with Gasteiger partial charge < -0.3 is 15.0 Å². The minimum Gasteiger partial charge on any atom is -0.495 e. The zero-order valence-electron chi connectivity index (χ0n) is 24.0. The van der Waals surface area contributed by atoms with Crippen LogP contribution < -0.4 is 14.4 Å². The maximum absolute atomic E-state index is 14.2. The Labute approximate surface area is 262 Å². The maximum atomic E-state index is 14.2. The number of benzene rings is 3. The van der Waals surface area contributed by atoms with E-state index in [1.165, 1.54) is 42.3 Å². The Morgan fingerprint density at radius 2 is 1.60 bits per heavy atom. The first-order valence-corrected chi connectivity index (χ1v) is 15.7. The first-order valence-electron chi connectivity index (χ1n) is 13.1. The van der Waals surface area contributed by atoms with Gasteiger partial charge in [0.15, 0.2) is 0 Å². The number of carbonyl (C=O) groups is 2. The van der Waals surface area contributed by atoms with Gasteiger partial charge in [0, 0.05) is 12.1 Å². The third kappa shape index (κ3) is 8.31. The molecule has 0 saturated heterocycles. The molecule has 0 aliphatic heterocycles. The summed E-state index contributed by atoms with van der Waals surface area (Å²) >= 11 is 18.7. The quantitative estimate of drug-likeness (QED) is 0.252. The minimum absolute atomic E-state index is 0.0155. The van der Waals surface area contributed by atoms with Gasteiger partial charge in [0.2, 0.25) is 11.8 Å². The first kappa shape index (κ1) is 33.5. The molecule has 0 bridgehead atoms. The van der Waals surface area contributed by atoms with E-state index in [9.17, 15) is 18.0 Å². The van der Waals surface area contributed by atoms with E-state index in [1.54, 1.807) is 43.3 Å². The SMILES string of the molecule is CC[C@H](C(=O)NC(C)(C)C)N(Cc1ccc(Cl)c(Cl)c1)C(=O)CN(c1ccc(OC)c(Cl)c1)S(=O)(=O)c1ccccc1. The van der Waals surface area contributed by atoms with Gasteiger partial charge in [-0.3, -0.25) is 13.9 Å². The van der Waals surface area contributed by atoms with Gasteiger partial charge in [0.05, 0.1) is 32.8 Å². The first-order chi connectivity index (χ1) is 19.7. The number of hydrogen-bond acceptors (Lipinski definition) is 5. The topological polar surface area (TPSA) is 96.0 Å². The number of sulfonamides is 1. The second-order valence-electron chi connectivity index (χ2n) is 10.6. The van der Waals surface area contributed by atoms with Crippen LogP contribution in [0.2, 0.25) is 15.1 Å². The molecule has 42 heavy (non-hydrogen) atoms. The average Bonchev–Trinajstić information content (AvgIpc) is 2.92. The standard InChI is InChI=1S/C30H34Cl3N3O5S/c1-6-26(29(38)34-30(2,3)4)35(18-20-12-14-23(31)24(32)16-20)28(37)19-36(21-13-15-27(41-5)25(33)17-21)42(39,40)22-10-8-7-9-11-22/h7-17,26H,6,18-19H2,1-5H3,(H,34,38)/t26-/m1/s1. The number of halogens is 3. The summed E-state index contributed by atoms with van der Waals surface area (Å²) < 4.78 is 34.1. The molecule has 0 heterocycles. The maximum Gasteiger partial charge on any atom is 0.264 e. The van der Waals surface area contributed by atoms with E-state index in [-0.39, 0.29) is 39.5 Å². The lowest BCUT2D eigenvalue weighted by Crippen LogP contribution is -2.55. The summed E-state index contributed by atoms with van der Waals surface area (Å²) in [6.45, 7) is 6.66. The molecule has 0 radical (unpaired) electrons. The van der Waals surface area contributed by atoms with E-state index < -0.39 is 34.1 Å². The van der Waals surface area contributed by atoms with E-state index in [4.69, 9.17) is 39.5 Å². The zero-order valence-corrected chi connectivity index (χ0v) is 27.1. The van der Waals surface area contributed by atoms with Gasteiger partial charge >= 0.3 is 0 Å². The molecular formula is C30H34Cl3N3O5S. The lowest BCUT2D eigenvalue weighted by molar-refractivity contribution is -0.141. The smallest absolute Gasteiger partial charge is 0.264 e. The molecule has 12 heteroatoms. The number of anilines is 1. The number of methoxy groups -OCH3 is 1. The van der Waals surface area contributed by atoms with Crippen molar-refractivity contribution in [2.24, 2.45) is 0 Å². The number of carbonyl (C=O) groups excluding carboxylic acids is 2. The normalized spacial score (nSPS) is 12.4. The van der Waals surface area contributed by atoms with E-state index in [2.05, 4.69) is 5.32 Å². The predicted molar refractivity (Wildman–Crippen MR) is 168 cm³/mol. The summed E-state index contributed by atoms with van der Waals surface area (Å²) in [6.07, 6.45) is 0.273. The van der Waals surface area contributed by atoms with Crippen molar-refractivity contribution < 1.29 is 22.7 Å². The zero-order chi connectivity index (χ0) is 31.2. The Bertz CT molecular complexity index is 1530. The van der Waals surface area contributed by atoms with Crippen LogP contribution in [0, 0.1) is 0 Å². The van der Waals surface area contributed by atoms with E-state index in [0.29, 0.717) is 16.3 Å². The van der Waals surface area contributed by atoms with Gasteiger partial charge in [0.1, 0.15) is 18.3 Å². The molecule has 0 aliphatic rings. The molecule has 1 N–H and O–H groups in total. The van der Waals surface area contributed by atoms with Crippen LogP contribution in [0.3, 0.4) is 0 Å². The Balaban J connectivity index is 2.11. The molecule has 3 aromatic rings. The second kappa shape index (κ2) is 14.0. The molecule has 3 aromatic carbocycles. The van der Waals surface area contributed by atoms with Crippen molar-refractivity contribution in [2.75, 3.05) is 18.0 Å². The highest BCUT2D eigenvalue weighted by molar-refractivity contribution is 7.92. The van der Waals surface area contributed by atoms with Crippen LogP contribution in [0.25, 0.3) is 0 Å². The minimum atomic E-state index is -4.24. The molecule has 0 aromatic heterocycles. The average molecular weight is 655 g/mol. The van der Waals surface area contributed by atoms with Crippen molar-refractivity contribution in [3.8, 4) is 5.75 Å². The van der Waals surface area contributed by atoms with Crippen molar-refractivity contribution in [2.45, 2.75) is 57.1 Å². The summed E-state index contributed by atoms with van der Waals surface area (Å²) in [4.78, 5) is 28.9. The third-order valence-corrected chi connectivity index (χ3v) is 9.08. The molecule has 0 fully saturated rings. The monoisotopic (exact) mass is 653 g/mol. The van der Waals surface area contributed by atoms with Gasteiger partial charge in [-0.25, -0.2) is 8.42 Å². The number of nitrogens with one attached hydrogen (secondary N) is 1. The molecule has 1 atom stereocenters.